The van der Waals surface area contributed by atoms with E-state index >= 15 is 0 Å². The number of esters is 3. The Morgan fingerprint density at radius 3 is 1.36 bits per heavy atom. The van der Waals surface area contributed by atoms with Crippen LogP contribution in [0.3, 0.4) is 0 Å². The zero-order valence-corrected chi connectivity index (χ0v) is 34.8. The zero-order valence-electron chi connectivity index (χ0n) is 34.0. The maximum absolute atomic E-state index is 11.4. The molecule has 0 amide bonds. The molecular formula is C42H57ClN6O10. The first kappa shape index (κ1) is 47.9. The van der Waals surface area contributed by atoms with Gasteiger partial charge in [-0.25, -0.2) is 14.4 Å². The van der Waals surface area contributed by atoms with Gasteiger partial charge in [-0.15, -0.1) is 0 Å². The van der Waals surface area contributed by atoms with Gasteiger partial charge in [0, 0.05) is 30.3 Å². The SMILES string of the molecule is COC(=O)c1ccc(Cl)c([N+](=O)[O-])c1.COC(=O)c1ccc(NC2CCCCC2)c(N)c1.COC(=O)c1ccc(NC2CCCCC2)c([N+](=O)[O-])c1.NC1CCCCC1. The van der Waals surface area contributed by atoms with E-state index in [0.717, 1.165) is 37.4 Å². The topological polar surface area (TPSA) is 241 Å². The van der Waals surface area contributed by atoms with Gasteiger partial charge in [-0.1, -0.05) is 69.4 Å². The molecule has 3 saturated carbocycles. The Hall–Kier alpha value is -5.48. The number of ether oxygens (including phenoxy) is 3. The minimum Gasteiger partial charge on any atom is -0.465 e. The van der Waals surface area contributed by atoms with Crippen LogP contribution >= 0.6 is 11.6 Å². The summed E-state index contributed by atoms with van der Waals surface area (Å²) in [5, 5.41) is 28.3. The minimum absolute atomic E-state index is 0.0114. The van der Waals surface area contributed by atoms with Crippen molar-refractivity contribution >= 4 is 57.9 Å². The summed E-state index contributed by atoms with van der Waals surface area (Å²) in [5.41, 5.74) is 14.0. The van der Waals surface area contributed by atoms with Crippen LogP contribution in [0.2, 0.25) is 5.02 Å². The summed E-state index contributed by atoms with van der Waals surface area (Å²) in [5.74, 6) is -1.56. The fraction of sp³-hybridized carbons (Fsp3) is 0.500. The average molecular weight is 841 g/mol. The van der Waals surface area contributed by atoms with Gasteiger partial charge in [0.25, 0.3) is 11.4 Å². The van der Waals surface area contributed by atoms with E-state index in [1.807, 2.05) is 6.07 Å². The molecule has 59 heavy (non-hydrogen) atoms. The van der Waals surface area contributed by atoms with Crippen LogP contribution in [-0.2, 0) is 14.2 Å². The standard InChI is InChI=1S/C14H18N2O4.C14H20N2O2.C8H6ClNO4.C6H13N/c1-20-14(17)10-7-8-12(13(9-10)16(18)19)15-11-5-3-2-4-6-11;1-18-14(17)10-7-8-13(12(15)9-10)16-11-5-3-2-4-6-11;1-14-8(11)5-2-3-6(9)7(4-5)10(12)13;7-6-4-2-1-3-5-6/h7-9,11,15H,2-6H2,1H3;7-9,11,16H,2-6,15H2,1H3;2-4H,1H3;6H,1-5,7H2. The van der Waals surface area contributed by atoms with Gasteiger partial charge in [0.1, 0.15) is 10.7 Å². The van der Waals surface area contributed by atoms with Crippen molar-refractivity contribution in [3.63, 3.8) is 0 Å². The molecule has 0 unspecified atom stereocenters. The zero-order chi connectivity index (χ0) is 43.3. The molecule has 0 heterocycles. The average Bonchev–Trinajstić information content (AvgIpc) is 3.25. The second-order valence-electron chi connectivity index (χ2n) is 14.5. The predicted octanol–water partition coefficient (Wildman–Crippen LogP) is 9.24. The highest BCUT2D eigenvalue weighted by atomic mass is 35.5. The quantitative estimate of drug-likeness (QED) is 0.0516. The first-order chi connectivity index (χ1) is 28.3. The van der Waals surface area contributed by atoms with E-state index in [4.69, 9.17) is 23.1 Å². The molecule has 0 bridgehead atoms. The molecule has 3 fully saturated rings. The second-order valence-corrected chi connectivity index (χ2v) is 15.0. The third-order valence-electron chi connectivity index (χ3n) is 10.2. The second kappa shape index (κ2) is 25.1. The Balaban J connectivity index is 0.000000221. The van der Waals surface area contributed by atoms with Gasteiger partial charge in [0.05, 0.1) is 59.2 Å². The highest BCUT2D eigenvalue weighted by Gasteiger charge is 2.22. The smallest absolute Gasteiger partial charge is 0.338 e. The van der Waals surface area contributed by atoms with Crippen molar-refractivity contribution in [1.82, 2.24) is 0 Å². The van der Waals surface area contributed by atoms with Crippen LogP contribution < -0.4 is 22.1 Å². The van der Waals surface area contributed by atoms with E-state index < -0.39 is 21.8 Å². The number of benzene rings is 3. The number of carbonyl (C=O) groups excluding carboxylic acids is 3. The number of nitrogens with zero attached hydrogens (tertiary/aromatic N) is 2. The summed E-state index contributed by atoms with van der Waals surface area (Å²) < 4.78 is 13.7. The van der Waals surface area contributed by atoms with Crippen LogP contribution in [-0.4, -0.2) is 67.2 Å². The van der Waals surface area contributed by atoms with Crippen LogP contribution in [0.1, 0.15) is 127 Å². The molecule has 0 aliphatic heterocycles. The minimum atomic E-state index is -0.658. The van der Waals surface area contributed by atoms with Crippen LogP contribution in [0, 0.1) is 20.2 Å². The summed E-state index contributed by atoms with van der Waals surface area (Å²) in [6.07, 6.45) is 18.5. The molecule has 6 N–H and O–H groups in total. The molecule has 0 radical (unpaired) electrons. The Morgan fingerprint density at radius 2 is 0.966 bits per heavy atom. The fourth-order valence-corrected chi connectivity index (χ4v) is 7.14. The maximum Gasteiger partial charge on any atom is 0.338 e. The summed E-state index contributed by atoms with van der Waals surface area (Å²) in [4.78, 5) is 54.3. The number of nitrogens with two attached hydrogens (primary N) is 2. The fourth-order valence-electron chi connectivity index (χ4n) is 6.95. The molecular weight excluding hydrogens is 784 g/mol. The summed E-state index contributed by atoms with van der Waals surface area (Å²) in [7, 11) is 3.82. The molecule has 3 aliphatic carbocycles. The molecule has 0 spiro atoms. The van der Waals surface area contributed by atoms with Crippen molar-refractivity contribution in [2.45, 2.75) is 114 Å². The molecule has 6 rings (SSSR count). The van der Waals surface area contributed by atoms with Gasteiger partial charge in [-0.05, 0) is 81.0 Å². The third-order valence-corrected chi connectivity index (χ3v) is 10.6. The van der Waals surface area contributed by atoms with Gasteiger partial charge < -0.3 is 36.3 Å². The molecule has 3 aliphatic rings. The lowest BCUT2D eigenvalue weighted by molar-refractivity contribution is -0.384. The highest BCUT2D eigenvalue weighted by molar-refractivity contribution is 6.32. The number of nitro groups is 2. The number of nitro benzene ring substituents is 2. The van der Waals surface area contributed by atoms with E-state index in [1.54, 1.807) is 24.3 Å². The van der Waals surface area contributed by atoms with Crippen LogP contribution in [0.4, 0.5) is 28.4 Å². The van der Waals surface area contributed by atoms with E-state index in [9.17, 15) is 34.6 Å². The van der Waals surface area contributed by atoms with E-state index in [0.29, 0.717) is 29.0 Å². The molecule has 3 aromatic rings. The third kappa shape index (κ3) is 16.0. The van der Waals surface area contributed by atoms with Gasteiger partial charge >= 0.3 is 17.9 Å². The van der Waals surface area contributed by atoms with Crippen molar-refractivity contribution in [2.75, 3.05) is 37.7 Å². The largest absolute Gasteiger partial charge is 0.465 e. The Kier molecular flexibility index (Phi) is 20.4. The van der Waals surface area contributed by atoms with Crippen LogP contribution in [0.25, 0.3) is 0 Å². The van der Waals surface area contributed by atoms with Crippen molar-refractivity contribution in [2.24, 2.45) is 5.73 Å². The Morgan fingerprint density at radius 1 is 0.593 bits per heavy atom. The number of methoxy groups -OCH3 is 3. The number of anilines is 3. The van der Waals surface area contributed by atoms with E-state index in [2.05, 4.69) is 24.8 Å². The first-order valence-electron chi connectivity index (χ1n) is 19.9. The monoisotopic (exact) mass is 840 g/mol. The van der Waals surface area contributed by atoms with Gasteiger partial charge in [0.15, 0.2) is 0 Å². The van der Waals surface area contributed by atoms with Crippen LogP contribution in [0.5, 0.6) is 0 Å². The molecule has 322 valence electrons. The number of hydrogen-bond acceptors (Lipinski definition) is 14. The van der Waals surface area contributed by atoms with E-state index in [1.165, 1.54) is 110 Å². The van der Waals surface area contributed by atoms with Crippen molar-refractivity contribution in [3.05, 3.63) is 96.5 Å². The summed E-state index contributed by atoms with van der Waals surface area (Å²) >= 11 is 5.55. The number of hydrogen-bond donors (Lipinski definition) is 4. The van der Waals surface area contributed by atoms with Crippen molar-refractivity contribution in [1.29, 1.82) is 0 Å². The van der Waals surface area contributed by atoms with E-state index in [-0.39, 0.29) is 39.5 Å². The van der Waals surface area contributed by atoms with Crippen molar-refractivity contribution < 1.29 is 38.4 Å². The number of nitrogens with one attached hydrogen (secondary N) is 2. The summed E-state index contributed by atoms with van der Waals surface area (Å²) in [6.45, 7) is 0. The van der Waals surface area contributed by atoms with Gasteiger partial charge in [-0.2, -0.15) is 0 Å². The molecule has 0 atom stereocenters. The van der Waals surface area contributed by atoms with Crippen molar-refractivity contribution in [3.8, 4) is 0 Å². The van der Waals surface area contributed by atoms with Gasteiger partial charge in [0.2, 0.25) is 0 Å². The first-order valence-corrected chi connectivity index (χ1v) is 20.3. The molecule has 16 nitrogen and oxygen atoms in total. The summed E-state index contributed by atoms with van der Waals surface area (Å²) in [6, 6.07) is 14.7. The normalized spacial score (nSPS) is 15.5. The van der Waals surface area contributed by atoms with Crippen LogP contribution in [0.15, 0.2) is 54.6 Å². The number of nitrogen functional groups attached to an aromatic ring is 1. The lowest BCUT2D eigenvalue weighted by Gasteiger charge is -2.24. The Labute approximate surface area is 350 Å². The number of rotatable bonds is 9. The molecule has 3 aromatic carbocycles. The lowest BCUT2D eigenvalue weighted by Crippen LogP contribution is -2.22. The van der Waals surface area contributed by atoms with Gasteiger partial charge in [-0.3, -0.25) is 20.2 Å². The maximum atomic E-state index is 11.4. The highest BCUT2D eigenvalue weighted by Crippen LogP contribution is 2.30. The number of halogens is 1. The predicted molar refractivity (Wildman–Crippen MR) is 228 cm³/mol. The molecule has 0 saturated heterocycles. The number of carbonyl (C=O) groups is 3. The molecule has 0 aromatic heterocycles. The molecule has 17 heteroatoms. The Bertz CT molecular complexity index is 1860. The lowest BCUT2D eigenvalue weighted by atomic mass is 9.95.